The SMILES string of the molecule is Cc1nc(CNC(=O)c2ccccc2OC(C)C)c2n1CCCC2. The van der Waals surface area contributed by atoms with Crippen LogP contribution in [0.15, 0.2) is 24.3 Å². The Labute approximate surface area is 143 Å². The normalized spacial score (nSPS) is 13.7. The molecule has 2 aromatic rings. The van der Waals surface area contributed by atoms with Crippen LogP contribution < -0.4 is 10.1 Å². The fourth-order valence-electron chi connectivity index (χ4n) is 3.22. The number of fused-ring (bicyclic) bond motifs is 1. The maximum Gasteiger partial charge on any atom is 0.255 e. The number of carbonyl (C=O) groups excluding carboxylic acids is 1. The summed E-state index contributed by atoms with van der Waals surface area (Å²) in [7, 11) is 0. The molecule has 0 saturated heterocycles. The zero-order valence-corrected chi connectivity index (χ0v) is 14.6. The van der Waals surface area contributed by atoms with Crippen LogP contribution in [-0.4, -0.2) is 21.6 Å². The Morgan fingerprint density at radius 2 is 2.12 bits per heavy atom. The first kappa shape index (κ1) is 16.6. The molecule has 128 valence electrons. The predicted octanol–water partition coefficient (Wildman–Crippen LogP) is 3.25. The number of aromatic nitrogens is 2. The highest BCUT2D eigenvalue weighted by molar-refractivity contribution is 5.96. The molecular weight excluding hydrogens is 302 g/mol. The van der Waals surface area contributed by atoms with Crippen molar-refractivity contribution in [2.45, 2.75) is 59.2 Å². The van der Waals surface area contributed by atoms with Crippen LogP contribution in [-0.2, 0) is 19.5 Å². The van der Waals surface area contributed by atoms with Crippen LogP contribution in [0.4, 0.5) is 0 Å². The van der Waals surface area contributed by atoms with Gasteiger partial charge in [0.05, 0.1) is 23.9 Å². The summed E-state index contributed by atoms with van der Waals surface area (Å²) in [6.07, 6.45) is 3.47. The summed E-state index contributed by atoms with van der Waals surface area (Å²) < 4.78 is 8.01. The van der Waals surface area contributed by atoms with Gasteiger partial charge in [0, 0.05) is 12.2 Å². The third kappa shape index (κ3) is 3.45. The fourth-order valence-corrected chi connectivity index (χ4v) is 3.22. The van der Waals surface area contributed by atoms with Crippen LogP contribution >= 0.6 is 0 Å². The predicted molar refractivity (Wildman–Crippen MR) is 93.3 cm³/mol. The highest BCUT2D eigenvalue weighted by atomic mass is 16.5. The molecular formula is C19H25N3O2. The van der Waals surface area contributed by atoms with Gasteiger partial charge in [0.2, 0.25) is 0 Å². The van der Waals surface area contributed by atoms with Gasteiger partial charge in [0.15, 0.2) is 0 Å². The van der Waals surface area contributed by atoms with Crippen LogP contribution in [0.3, 0.4) is 0 Å². The second-order valence-electron chi connectivity index (χ2n) is 6.51. The molecule has 0 radical (unpaired) electrons. The van der Waals surface area contributed by atoms with Crippen molar-refractivity contribution in [2.24, 2.45) is 0 Å². The number of ether oxygens (including phenoxy) is 1. The second-order valence-corrected chi connectivity index (χ2v) is 6.51. The average molecular weight is 327 g/mol. The molecule has 0 bridgehead atoms. The lowest BCUT2D eigenvalue weighted by Crippen LogP contribution is -2.25. The van der Waals surface area contributed by atoms with Gasteiger partial charge in [0.25, 0.3) is 5.91 Å². The van der Waals surface area contributed by atoms with Crippen molar-refractivity contribution < 1.29 is 9.53 Å². The van der Waals surface area contributed by atoms with E-state index in [1.807, 2.05) is 39.0 Å². The first-order valence-electron chi connectivity index (χ1n) is 8.65. The first-order chi connectivity index (χ1) is 11.6. The molecule has 3 rings (SSSR count). The van der Waals surface area contributed by atoms with Gasteiger partial charge in [-0.25, -0.2) is 4.98 Å². The lowest BCUT2D eigenvalue weighted by Gasteiger charge is -2.17. The van der Waals surface area contributed by atoms with Gasteiger partial charge in [-0.2, -0.15) is 0 Å². The summed E-state index contributed by atoms with van der Waals surface area (Å²) in [5.74, 6) is 1.53. The van der Waals surface area contributed by atoms with E-state index in [9.17, 15) is 4.79 Å². The number of hydrogen-bond acceptors (Lipinski definition) is 3. The van der Waals surface area contributed by atoms with Crippen LogP contribution in [0, 0.1) is 6.92 Å². The van der Waals surface area contributed by atoms with Crippen molar-refractivity contribution in [1.29, 1.82) is 0 Å². The van der Waals surface area contributed by atoms with E-state index in [-0.39, 0.29) is 12.0 Å². The number of hydrogen-bond donors (Lipinski definition) is 1. The third-order valence-corrected chi connectivity index (χ3v) is 4.30. The number of nitrogens with zero attached hydrogens (tertiary/aromatic N) is 2. The standard InChI is InChI=1S/C19H25N3O2/c1-13(2)24-18-10-5-4-8-15(18)19(23)20-12-16-17-9-6-7-11-22(17)14(3)21-16/h4-5,8,10,13H,6-7,9,11-12H2,1-3H3,(H,20,23). The van der Waals surface area contributed by atoms with Gasteiger partial charge in [-0.1, -0.05) is 12.1 Å². The minimum Gasteiger partial charge on any atom is -0.490 e. The third-order valence-electron chi connectivity index (χ3n) is 4.30. The number of imidazole rings is 1. The molecule has 0 saturated carbocycles. The summed E-state index contributed by atoms with van der Waals surface area (Å²) in [6.45, 7) is 7.43. The molecule has 1 aromatic carbocycles. The van der Waals surface area contributed by atoms with Crippen LogP contribution in [0.2, 0.25) is 0 Å². The van der Waals surface area contributed by atoms with Gasteiger partial charge in [-0.15, -0.1) is 0 Å². The van der Waals surface area contributed by atoms with Crippen molar-refractivity contribution >= 4 is 5.91 Å². The fraction of sp³-hybridized carbons (Fsp3) is 0.474. The zero-order valence-electron chi connectivity index (χ0n) is 14.6. The minimum atomic E-state index is -0.124. The lowest BCUT2D eigenvalue weighted by molar-refractivity contribution is 0.0944. The Hall–Kier alpha value is -2.30. The zero-order chi connectivity index (χ0) is 17.1. The molecule has 1 aliphatic heterocycles. The number of benzene rings is 1. The molecule has 1 aromatic heterocycles. The van der Waals surface area contributed by atoms with Gasteiger partial charge in [-0.3, -0.25) is 4.79 Å². The molecule has 1 N–H and O–H groups in total. The summed E-state index contributed by atoms with van der Waals surface area (Å²) >= 11 is 0. The molecule has 24 heavy (non-hydrogen) atoms. The van der Waals surface area contributed by atoms with E-state index in [4.69, 9.17) is 4.74 Å². The van der Waals surface area contributed by atoms with Crippen molar-refractivity contribution in [3.63, 3.8) is 0 Å². The topological polar surface area (TPSA) is 56.1 Å². The molecule has 0 spiro atoms. The van der Waals surface area contributed by atoms with E-state index < -0.39 is 0 Å². The van der Waals surface area contributed by atoms with E-state index in [1.54, 1.807) is 6.07 Å². The van der Waals surface area contributed by atoms with Crippen LogP contribution in [0.1, 0.15) is 54.3 Å². The van der Waals surface area contributed by atoms with E-state index >= 15 is 0 Å². The number of rotatable bonds is 5. The monoisotopic (exact) mass is 327 g/mol. The van der Waals surface area contributed by atoms with Crippen molar-refractivity contribution in [3.8, 4) is 5.75 Å². The average Bonchev–Trinajstić information content (AvgIpc) is 2.89. The van der Waals surface area contributed by atoms with Crippen LogP contribution in [0.5, 0.6) is 5.75 Å². The van der Waals surface area contributed by atoms with E-state index in [1.165, 1.54) is 18.5 Å². The van der Waals surface area contributed by atoms with Crippen molar-refractivity contribution in [3.05, 3.63) is 47.0 Å². The largest absolute Gasteiger partial charge is 0.490 e. The molecule has 2 heterocycles. The first-order valence-corrected chi connectivity index (χ1v) is 8.65. The van der Waals surface area contributed by atoms with Gasteiger partial charge >= 0.3 is 0 Å². The van der Waals surface area contributed by atoms with Crippen LogP contribution in [0.25, 0.3) is 0 Å². The summed E-state index contributed by atoms with van der Waals surface area (Å²) in [6, 6.07) is 7.35. The number of nitrogens with one attached hydrogen (secondary N) is 1. The molecule has 1 amide bonds. The Bertz CT molecular complexity index is 734. The number of para-hydroxylation sites is 1. The molecule has 5 nitrogen and oxygen atoms in total. The number of carbonyl (C=O) groups is 1. The smallest absolute Gasteiger partial charge is 0.255 e. The maximum atomic E-state index is 12.6. The van der Waals surface area contributed by atoms with Crippen molar-refractivity contribution in [1.82, 2.24) is 14.9 Å². The summed E-state index contributed by atoms with van der Waals surface area (Å²) in [5.41, 5.74) is 2.82. The van der Waals surface area contributed by atoms with Gasteiger partial charge < -0.3 is 14.6 Å². The molecule has 5 heteroatoms. The minimum absolute atomic E-state index is 0.0294. The molecule has 0 aliphatic carbocycles. The number of amides is 1. The molecule has 0 atom stereocenters. The number of aryl methyl sites for hydroxylation is 1. The van der Waals surface area contributed by atoms with Gasteiger partial charge in [0.1, 0.15) is 11.6 Å². The van der Waals surface area contributed by atoms with E-state index in [0.717, 1.165) is 24.5 Å². The Kier molecular flexibility index (Phi) is 4.88. The molecule has 0 fully saturated rings. The maximum absolute atomic E-state index is 12.6. The molecule has 1 aliphatic rings. The summed E-state index contributed by atoms with van der Waals surface area (Å²) in [4.78, 5) is 17.2. The Morgan fingerprint density at radius 1 is 1.33 bits per heavy atom. The quantitative estimate of drug-likeness (QED) is 0.917. The summed E-state index contributed by atoms with van der Waals surface area (Å²) in [5, 5.41) is 3.00. The Morgan fingerprint density at radius 3 is 2.92 bits per heavy atom. The van der Waals surface area contributed by atoms with E-state index in [0.29, 0.717) is 17.9 Å². The van der Waals surface area contributed by atoms with Gasteiger partial charge in [-0.05, 0) is 52.2 Å². The molecule has 0 unspecified atom stereocenters. The second kappa shape index (κ2) is 7.07. The lowest BCUT2D eigenvalue weighted by atomic mass is 10.1. The highest BCUT2D eigenvalue weighted by Crippen LogP contribution is 2.22. The Balaban J connectivity index is 1.73. The highest BCUT2D eigenvalue weighted by Gasteiger charge is 2.19. The van der Waals surface area contributed by atoms with E-state index in [2.05, 4.69) is 14.9 Å². The van der Waals surface area contributed by atoms with Crippen molar-refractivity contribution in [2.75, 3.05) is 0 Å².